The van der Waals surface area contributed by atoms with Crippen LogP contribution in [0.2, 0.25) is 0 Å². The van der Waals surface area contributed by atoms with E-state index in [0.717, 1.165) is 25.3 Å². The molecule has 1 fully saturated rings. The number of nitrogens with one attached hydrogen (secondary N) is 1. The fourth-order valence-electron chi connectivity index (χ4n) is 2.83. The molecule has 1 aromatic heterocycles. The van der Waals surface area contributed by atoms with Gasteiger partial charge in [-0.2, -0.15) is 0 Å². The first kappa shape index (κ1) is 15.5. The van der Waals surface area contributed by atoms with Gasteiger partial charge in [-0.15, -0.1) is 0 Å². The molecule has 0 spiro atoms. The van der Waals surface area contributed by atoms with E-state index in [1.54, 1.807) is 0 Å². The molecule has 2 heterocycles. The van der Waals surface area contributed by atoms with Crippen molar-refractivity contribution < 1.29 is 0 Å². The molecular formula is C17H29N3. The number of aromatic nitrogens is 1. The van der Waals surface area contributed by atoms with Gasteiger partial charge in [-0.25, -0.2) is 0 Å². The van der Waals surface area contributed by atoms with Crippen LogP contribution >= 0.6 is 0 Å². The molecule has 0 saturated carbocycles. The minimum atomic E-state index is 0.509. The topological polar surface area (TPSA) is 28.2 Å². The van der Waals surface area contributed by atoms with Gasteiger partial charge in [0, 0.05) is 13.1 Å². The van der Waals surface area contributed by atoms with Gasteiger partial charge in [-0.1, -0.05) is 26.8 Å². The first-order valence-corrected chi connectivity index (χ1v) is 7.97. The van der Waals surface area contributed by atoms with Gasteiger partial charge in [-0.3, -0.25) is 9.88 Å². The Hall–Kier alpha value is -0.930. The van der Waals surface area contributed by atoms with Crippen LogP contribution in [-0.4, -0.2) is 29.5 Å². The van der Waals surface area contributed by atoms with Crippen molar-refractivity contribution in [3.63, 3.8) is 0 Å². The molecule has 1 aromatic rings. The molecule has 0 unspecified atom stereocenters. The van der Waals surface area contributed by atoms with Crippen molar-refractivity contribution in [1.29, 1.82) is 0 Å². The molecule has 0 amide bonds. The molecule has 1 aliphatic heterocycles. The van der Waals surface area contributed by atoms with E-state index in [1.807, 2.05) is 0 Å². The van der Waals surface area contributed by atoms with Crippen molar-refractivity contribution in [2.75, 3.05) is 19.6 Å². The maximum Gasteiger partial charge on any atom is 0.0547 e. The predicted molar refractivity (Wildman–Crippen MR) is 84.5 cm³/mol. The third-order valence-corrected chi connectivity index (χ3v) is 4.24. The van der Waals surface area contributed by atoms with E-state index in [9.17, 15) is 0 Å². The Bertz CT molecular complexity index is 414. The van der Waals surface area contributed by atoms with E-state index in [1.165, 1.54) is 38.0 Å². The smallest absolute Gasteiger partial charge is 0.0547 e. The Balaban J connectivity index is 1.92. The summed E-state index contributed by atoms with van der Waals surface area (Å²) in [7, 11) is 0. The van der Waals surface area contributed by atoms with Crippen LogP contribution in [0.3, 0.4) is 0 Å². The van der Waals surface area contributed by atoms with Crippen LogP contribution in [-0.2, 0) is 13.1 Å². The standard InChI is InChI=1S/C17H29N3/c1-4-18-13-15-7-5-8-16(19-15)14-20-11-6-9-17(2,3)10-12-20/h5,7-8,18H,4,6,9-14H2,1-3H3. The highest BCUT2D eigenvalue weighted by Gasteiger charge is 2.23. The van der Waals surface area contributed by atoms with Crippen molar-refractivity contribution >= 4 is 0 Å². The Labute approximate surface area is 123 Å². The summed E-state index contributed by atoms with van der Waals surface area (Å²) >= 11 is 0. The van der Waals surface area contributed by atoms with Crippen LogP contribution in [0.15, 0.2) is 18.2 Å². The van der Waals surface area contributed by atoms with Crippen molar-refractivity contribution in [3.8, 4) is 0 Å². The fourth-order valence-corrected chi connectivity index (χ4v) is 2.83. The normalized spacial score (nSPS) is 19.8. The zero-order chi connectivity index (χ0) is 14.4. The minimum absolute atomic E-state index is 0.509. The molecule has 0 atom stereocenters. The maximum absolute atomic E-state index is 4.77. The summed E-state index contributed by atoms with van der Waals surface area (Å²) in [4.78, 5) is 7.33. The second-order valence-electron chi connectivity index (χ2n) is 6.69. The monoisotopic (exact) mass is 275 g/mol. The summed E-state index contributed by atoms with van der Waals surface area (Å²) in [6.07, 6.45) is 3.95. The molecule has 0 radical (unpaired) electrons. The van der Waals surface area contributed by atoms with E-state index in [-0.39, 0.29) is 0 Å². The quantitative estimate of drug-likeness (QED) is 0.894. The van der Waals surface area contributed by atoms with Gasteiger partial charge in [-0.05, 0) is 56.4 Å². The van der Waals surface area contributed by atoms with Crippen molar-refractivity contribution in [2.24, 2.45) is 5.41 Å². The molecular weight excluding hydrogens is 246 g/mol. The number of likely N-dealkylation sites (tertiary alicyclic amines) is 1. The van der Waals surface area contributed by atoms with Gasteiger partial charge in [0.2, 0.25) is 0 Å². The SMILES string of the molecule is CCNCc1cccc(CN2CCCC(C)(C)CC2)n1. The molecule has 20 heavy (non-hydrogen) atoms. The molecule has 0 bridgehead atoms. The van der Waals surface area contributed by atoms with Crippen molar-refractivity contribution in [1.82, 2.24) is 15.2 Å². The van der Waals surface area contributed by atoms with Crippen LogP contribution in [0.25, 0.3) is 0 Å². The molecule has 0 aromatic carbocycles. The fraction of sp³-hybridized carbons (Fsp3) is 0.706. The lowest BCUT2D eigenvalue weighted by Gasteiger charge is -2.23. The summed E-state index contributed by atoms with van der Waals surface area (Å²) in [5.41, 5.74) is 2.87. The van der Waals surface area contributed by atoms with Gasteiger partial charge in [0.05, 0.1) is 11.4 Å². The summed E-state index contributed by atoms with van der Waals surface area (Å²) < 4.78 is 0. The lowest BCUT2D eigenvalue weighted by molar-refractivity contribution is 0.253. The zero-order valence-corrected chi connectivity index (χ0v) is 13.3. The lowest BCUT2D eigenvalue weighted by Crippen LogP contribution is -2.25. The molecule has 3 heteroatoms. The Kier molecular flexibility index (Phi) is 5.55. The molecule has 112 valence electrons. The van der Waals surface area contributed by atoms with E-state index < -0.39 is 0 Å². The van der Waals surface area contributed by atoms with Crippen LogP contribution in [0.1, 0.15) is 51.4 Å². The van der Waals surface area contributed by atoms with Gasteiger partial charge in [0.1, 0.15) is 0 Å². The highest BCUT2D eigenvalue weighted by molar-refractivity contribution is 5.11. The number of hydrogen-bond donors (Lipinski definition) is 1. The number of rotatable bonds is 5. The average molecular weight is 275 g/mol. The largest absolute Gasteiger partial charge is 0.311 e. The summed E-state index contributed by atoms with van der Waals surface area (Å²) in [5, 5.41) is 3.34. The van der Waals surface area contributed by atoms with Crippen LogP contribution in [0, 0.1) is 5.41 Å². The molecule has 1 saturated heterocycles. The number of pyridine rings is 1. The van der Waals surface area contributed by atoms with Crippen LogP contribution in [0.4, 0.5) is 0 Å². The number of nitrogens with zero attached hydrogens (tertiary/aromatic N) is 2. The maximum atomic E-state index is 4.77. The van der Waals surface area contributed by atoms with Gasteiger partial charge < -0.3 is 5.32 Å². The zero-order valence-electron chi connectivity index (χ0n) is 13.3. The van der Waals surface area contributed by atoms with E-state index in [0.29, 0.717) is 5.41 Å². The molecule has 3 nitrogen and oxygen atoms in total. The Morgan fingerprint density at radius 2 is 2.00 bits per heavy atom. The van der Waals surface area contributed by atoms with Crippen molar-refractivity contribution in [3.05, 3.63) is 29.6 Å². The van der Waals surface area contributed by atoms with E-state index in [2.05, 4.69) is 49.2 Å². The van der Waals surface area contributed by atoms with Crippen LogP contribution in [0.5, 0.6) is 0 Å². The first-order chi connectivity index (χ1) is 9.59. The first-order valence-electron chi connectivity index (χ1n) is 7.97. The van der Waals surface area contributed by atoms with Gasteiger partial charge in [0.15, 0.2) is 0 Å². The highest BCUT2D eigenvalue weighted by Crippen LogP contribution is 2.30. The van der Waals surface area contributed by atoms with Crippen LogP contribution < -0.4 is 5.32 Å². The summed E-state index contributed by atoms with van der Waals surface area (Å²) in [6.45, 7) is 12.2. The Morgan fingerprint density at radius 1 is 1.20 bits per heavy atom. The predicted octanol–water partition coefficient (Wildman–Crippen LogP) is 3.20. The molecule has 1 N–H and O–H groups in total. The third kappa shape index (κ3) is 4.88. The Morgan fingerprint density at radius 3 is 2.80 bits per heavy atom. The van der Waals surface area contributed by atoms with Gasteiger partial charge in [0.25, 0.3) is 0 Å². The van der Waals surface area contributed by atoms with E-state index in [4.69, 9.17) is 4.98 Å². The second-order valence-corrected chi connectivity index (χ2v) is 6.69. The molecule has 0 aliphatic carbocycles. The minimum Gasteiger partial charge on any atom is -0.311 e. The van der Waals surface area contributed by atoms with Gasteiger partial charge >= 0.3 is 0 Å². The lowest BCUT2D eigenvalue weighted by atomic mass is 9.85. The second kappa shape index (κ2) is 7.19. The summed E-state index contributed by atoms with van der Waals surface area (Å²) in [5.74, 6) is 0. The molecule has 1 aliphatic rings. The van der Waals surface area contributed by atoms with Crippen molar-refractivity contribution in [2.45, 2.75) is 53.1 Å². The third-order valence-electron chi connectivity index (χ3n) is 4.24. The average Bonchev–Trinajstić information content (AvgIpc) is 2.58. The molecule has 2 rings (SSSR count). The summed E-state index contributed by atoms with van der Waals surface area (Å²) in [6, 6.07) is 6.40. The van der Waals surface area contributed by atoms with E-state index >= 15 is 0 Å². The number of hydrogen-bond acceptors (Lipinski definition) is 3. The highest BCUT2D eigenvalue weighted by atomic mass is 15.1.